The Morgan fingerprint density at radius 3 is 2.24 bits per heavy atom. The fraction of sp³-hybridized carbons (Fsp3) is 0.222. The topological polar surface area (TPSA) is 56.0 Å². The molecular formula is C18H17F2N3O2. The maximum atomic E-state index is 13.2. The van der Waals surface area contributed by atoms with Crippen molar-refractivity contribution in [3.63, 3.8) is 0 Å². The van der Waals surface area contributed by atoms with Gasteiger partial charge in [-0.25, -0.2) is 13.6 Å². The minimum Gasteiger partial charge on any atom is -0.324 e. The lowest BCUT2D eigenvalue weighted by Crippen LogP contribution is -2.29. The van der Waals surface area contributed by atoms with Crippen molar-refractivity contribution in [3.8, 4) is 0 Å². The van der Waals surface area contributed by atoms with E-state index < -0.39 is 17.5 Å². The monoisotopic (exact) mass is 345 g/mol. The van der Waals surface area contributed by atoms with Crippen LogP contribution in [0.15, 0.2) is 47.3 Å². The van der Waals surface area contributed by atoms with E-state index in [2.05, 4.69) is 5.32 Å². The van der Waals surface area contributed by atoms with Gasteiger partial charge in [-0.2, -0.15) is 0 Å². The number of hydrogen-bond donors (Lipinski definition) is 1. The van der Waals surface area contributed by atoms with Crippen LogP contribution in [-0.2, 0) is 17.9 Å². The normalized spacial score (nSPS) is 11.0. The summed E-state index contributed by atoms with van der Waals surface area (Å²) in [6.45, 7) is 2.26. The van der Waals surface area contributed by atoms with Gasteiger partial charge in [-0.15, -0.1) is 0 Å². The molecule has 25 heavy (non-hydrogen) atoms. The highest BCUT2D eigenvalue weighted by atomic mass is 19.1. The first-order valence-corrected chi connectivity index (χ1v) is 7.93. The second kappa shape index (κ2) is 6.88. The van der Waals surface area contributed by atoms with Crippen molar-refractivity contribution in [2.75, 3.05) is 5.32 Å². The molecule has 0 spiro atoms. The molecule has 0 atom stereocenters. The maximum Gasteiger partial charge on any atom is 0.329 e. The molecule has 0 unspecified atom stereocenters. The molecule has 7 heteroatoms. The van der Waals surface area contributed by atoms with E-state index in [0.29, 0.717) is 12.1 Å². The van der Waals surface area contributed by atoms with Gasteiger partial charge in [0.2, 0.25) is 5.91 Å². The van der Waals surface area contributed by atoms with Crippen molar-refractivity contribution in [1.29, 1.82) is 0 Å². The van der Waals surface area contributed by atoms with Crippen molar-refractivity contribution in [2.24, 2.45) is 0 Å². The highest BCUT2D eigenvalue weighted by molar-refractivity contribution is 5.91. The SMILES string of the molecule is CCCn1c(=O)n(CC(=O)Nc2cc(F)cc(F)c2)c2ccccc21. The zero-order chi connectivity index (χ0) is 18.0. The third kappa shape index (κ3) is 3.45. The molecule has 0 saturated heterocycles. The molecule has 1 N–H and O–H groups in total. The Morgan fingerprint density at radius 1 is 1.04 bits per heavy atom. The van der Waals surface area contributed by atoms with Gasteiger partial charge in [0.15, 0.2) is 0 Å². The van der Waals surface area contributed by atoms with Crippen LogP contribution in [0.1, 0.15) is 13.3 Å². The smallest absolute Gasteiger partial charge is 0.324 e. The number of fused-ring (bicyclic) bond motifs is 1. The summed E-state index contributed by atoms with van der Waals surface area (Å²) in [5.74, 6) is -2.11. The lowest BCUT2D eigenvalue weighted by molar-refractivity contribution is -0.116. The number of benzene rings is 2. The fourth-order valence-corrected chi connectivity index (χ4v) is 2.84. The number of aryl methyl sites for hydroxylation is 1. The lowest BCUT2D eigenvalue weighted by Gasteiger charge is -2.06. The summed E-state index contributed by atoms with van der Waals surface area (Å²) in [4.78, 5) is 24.8. The van der Waals surface area contributed by atoms with E-state index in [0.717, 1.165) is 30.1 Å². The van der Waals surface area contributed by atoms with Gasteiger partial charge >= 0.3 is 5.69 Å². The number of amides is 1. The molecular weight excluding hydrogens is 328 g/mol. The molecule has 0 fully saturated rings. The van der Waals surface area contributed by atoms with E-state index >= 15 is 0 Å². The summed E-state index contributed by atoms with van der Waals surface area (Å²) in [6.07, 6.45) is 0.780. The summed E-state index contributed by atoms with van der Waals surface area (Å²) in [7, 11) is 0. The van der Waals surface area contributed by atoms with Crippen LogP contribution in [0, 0.1) is 11.6 Å². The lowest BCUT2D eigenvalue weighted by atomic mass is 10.3. The predicted molar refractivity (Wildman–Crippen MR) is 91.5 cm³/mol. The van der Waals surface area contributed by atoms with E-state index in [1.54, 1.807) is 16.7 Å². The molecule has 3 rings (SSSR count). The van der Waals surface area contributed by atoms with Gasteiger partial charge in [-0.1, -0.05) is 19.1 Å². The number of aromatic nitrogens is 2. The number of hydrogen-bond acceptors (Lipinski definition) is 2. The number of nitrogens with one attached hydrogen (secondary N) is 1. The summed E-state index contributed by atoms with van der Waals surface area (Å²) >= 11 is 0. The van der Waals surface area contributed by atoms with Crippen LogP contribution in [0.5, 0.6) is 0 Å². The third-order valence-electron chi connectivity index (χ3n) is 3.82. The van der Waals surface area contributed by atoms with E-state index in [1.165, 1.54) is 4.57 Å². The molecule has 2 aromatic carbocycles. The Balaban J connectivity index is 1.91. The Hall–Kier alpha value is -2.96. The molecule has 0 radical (unpaired) electrons. The van der Waals surface area contributed by atoms with Crippen molar-refractivity contribution in [2.45, 2.75) is 26.4 Å². The average Bonchev–Trinajstić information content (AvgIpc) is 2.80. The minimum absolute atomic E-state index is 0.00726. The standard InChI is InChI=1S/C18H17F2N3O2/c1-2-7-22-15-5-3-4-6-16(15)23(18(22)25)11-17(24)21-14-9-12(19)8-13(20)10-14/h3-6,8-10H,2,7,11H2,1H3,(H,21,24). The minimum atomic E-state index is -0.785. The van der Waals surface area contributed by atoms with Gasteiger partial charge in [0.1, 0.15) is 18.2 Å². The molecule has 0 aliphatic heterocycles. The van der Waals surface area contributed by atoms with Crippen molar-refractivity contribution in [1.82, 2.24) is 9.13 Å². The molecule has 1 aromatic heterocycles. The summed E-state index contributed by atoms with van der Waals surface area (Å²) in [5.41, 5.74) is 1.11. The first-order chi connectivity index (χ1) is 12.0. The molecule has 0 bridgehead atoms. The predicted octanol–water partition coefficient (Wildman–Crippen LogP) is 3.13. The molecule has 130 valence electrons. The van der Waals surface area contributed by atoms with Crippen molar-refractivity contribution >= 4 is 22.6 Å². The Bertz CT molecular complexity index is 971. The van der Waals surface area contributed by atoms with E-state index in [-0.39, 0.29) is 17.9 Å². The number of carbonyl (C=O) groups excluding carboxylic acids is 1. The summed E-state index contributed by atoms with van der Waals surface area (Å²) in [5, 5.41) is 2.42. The molecule has 1 heterocycles. The maximum absolute atomic E-state index is 13.2. The Labute approximate surface area is 142 Å². The molecule has 0 aliphatic carbocycles. The number of rotatable bonds is 5. The van der Waals surface area contributed by atoms with Crippen LogP contribution in [-0.4, -0.2) is 15.0 Å². The average molecular weight is 345 g/mol. The highest BCUT2D eigenvalue weighted by Gasteiger charge is 2.15. The number of nitrogens with zero attached hydrogens (tertiary/aromatic N) is 2. The second-order valence-corrected chi connectivity index (χ2v) is 5.72. The van der Waals surface area contributed by atoms with Crippen LogP contribution in [0.3, 0.4) is 0 Å². The van der Waals surface area contributed by atoms with Crippen molar-refractivity contribution in [3.05, 3.63) is 64.6 Å². The molecule has 0 aliphatic rings. The second-order valence-electron chi connectivity index (χ2n) is 5.72. The van der Waals surface area contributed by atoms with Gasteiger partial charge in [-0.3, -0.25) is 13.9 Å². The zero-order valence-corrected chi connectivity index (χ0v) is 13.6. The number of imidazole rings is 1. The number of para-hydroxylation sites is 2. The number of anilines is 1. The third-order valence-corrected chi connectivity index (χ3v) is 3.82. The van der Waals surface area contributed by atoms with Crippen LogP contribution >= 0.6 is 0 Å². The van der Waals surface area contributed by atoms with Crippen LogP contribution in [0.25, 0.3) is 11.0 Å². The quantitative estimate of drug-likeness (QED) is 0.772. The Kier molecular flexibility index (Phi) is 4.65. The summed E-state index contributed by atoms with van der Waals surface area (Å²) < 4.78 is 29.4. The van der Waals surface area contributed by atoms with Gasteiger partial charge < -0.3 is 5.32 Å². The number of carbonyl (C=O) groups is 1. The largest absolute Gasteiger partial charge is 0.329 e. The van der Waals surface area contributed by atoms with Crippen LogP contribution in [0.2, 0.25) is 0 Å². The van der Waals surface area contributed by atoms with Gasteiger partial charge in [-0.05, 0) is 30.7 Å². The van der Waals surface area contributed by atoms with Gasteiger partial charge in [0.25, 0.3) is 0 Å². The van der Waals surface area contributed by atoms with E-state index in [9.17, 15) is 18.4 Å². The van der Waals surface area contributed by atoms with E-state index in [4.69, 9.17) is 0 Å². The summed E-state index contributed by atoms with van der Waals surface area (Å²) in [6, 6.07) is 9.95. The molecule has 5 nitrogen and oxygen atoms in total. The number of halogens is 2. The first kappa shape index (κ1) is 16.9. The molecule has 1 amide bonds. The van der Waals surface area contributed by atoms with Crippen molar-refractivity contribution < 1.29 is 13.6 Å². The fourth-order valence-electron chi connectivity index (χ4n) is 2.84. The Morgan fingerprint density at radius 2 is 1.64 bits per heavy atom. The zero-order valence-electron chi connectivity index (χ0n) is 13.6. The molecule has 3 aromatic rings. The molecule has 0 saturated carbocycles. The van der Waals surface area contributed by atoms with Gasteiger partial charge in [0.05, 0.1) is 11.0 Å². The highest BCUT2D eigenvalue weighted by Crippen LogP contribution is 2.15. The van der Waals surface area contributed by atoms with Gasteiger partial charge in [0, 0.05) is 18.3 Å². The van der Waals surface area contributed by atoms with Crippen LogP contribution < -0.4 is 11.0 Å². The van der Waals surface area contributed by atoms with Crippen LogP contribution in [0.4, 0.5) is 14.5 Å². The van der Waals surface area contributed by atoms with E-state index in [1.807, 2.05) is 19.1 Å². The first-order valence-electron chi connectivity index (χ1n) is 7.93.